The lowest BCUT2D eigenvalue weighted by Gasteiger charge is -2.11. The average Bonchev–Trinajstić information content (AvgIpc) is 3.21. The van der Waals surface area contributed by atoms with Crippen molar-refractivity contribution >= 4 is 39.3 Å². The molecule has 1 aliphatic heterocycles. The first-order valence-electron chi connectivity index (χ1n) is 8.42. The Bertz CT molecular complexity index is 1170. The van der Waals surface area contributed by atoms with Gasteiger partial charge in [-0.1, -0.05) is 17.7 Å². The van der Waals surface area contributed by atoms with E-state index in [2.05, 4.69) is 10.0 Å². The summed E-state index contributed by atoms with van der Waals surface area (Å²) in [4.78, 5) is 12.6. The number of amides is 1. The van der Waals surface area contributed by atoms with Crippen LogP contribution in [-0.2, 0) is 16.6 Å². The number of rotatable bonds is 6. The molecule has 0 saturated carbocycles. The molecule has 0 fully saturated rings. The molecule has 1 atom stereocenters. The van der Waals surface area contributed by atoms with E-state index >= 15 is 0 Å². The van der Waals surface area contributed by atoms with E-state index in [0.717, 1.165) is 12.1 Å². The summed E-state index contributed by atoms with van der Waals surface area (Å²) in [6, 6.07) is 4.40. The largest absolute Gasteiger partial charge is 0.395 e. The molecule has 0 aliphatic carbocycles. The quantitative estimate of drug-likeness (QED) is 0.637. The van der Waals surface area contributed by atoms with Gasteiger partial charge in [0.25, 0.3) is 5.91 Å². The Balaban J connectivity index is 2.02. The molecule has 1 aliphatic rings. The summed E-state index contributed by atoms with van der Waals surface area (Å²) >= 11 is 6.29. The van der Waals surface area contributed by atoms with Crippen LogP contribution in [0.15, 0.2) is 29.2 Å². The van der Waals surface area contributed by atoms with Crippen LogP contribution in [0.25, 0.3) is 6.08 Å². The molecule has 152 valence electrons. The minimum atomic E-state index is -4.12. The van der Waals surface area contributed by atoms with E-state index < -0.39 is 34.4 Å². The number of nitrogens with one attached hydrogen (secondary N) is 2. The third-order valence-electron chi connectivity index (χ3n) is 4.22. The molecule has 11 heteroatoms. The summed E-state index contributed by atoms with van der Waals surface area (Å²) in [6.45, 7) is 1.30. The van der Waals surface area contributed by atoms with Crippen molar-refractivity contribution in [1.29, 1.82) is 5.26 Å². The molecule has 2 aromatic rings. The van der Waals surface area contributed by atoms with Crippen LogP contribution in [0.3, 0.4) is 0 Å². The van der Waals surface area contributed by atoms with E-state index in [1.54, 1.807) is 12.1 Å². The van der Waals surface area contributed by atoms with Crippen molar-refractivity contribution in [2.75, 3.05) is 11.9 Å². The smallest absolute Gasteiger partial charge is 0.273 e. The van der Waals surface area contributed by atoms with Crippen LogP contribution >= 0.6 is 11.6 Å². The molecule has 3 rings (SSSR count). The van der Waals surface area contributed by atoms with E-state index in [1.807, 2.05) is 0 Å². The number of sulfonamides is 1. The molecular weight excluding hydrogens is 423 g/mol. The van der Waals surface area contributed by atoms with Gasteiger partial charge in [-0.05, 0) is 31.2 Å². The maximum atomic E-state index is 13.5. The van der Waals surface area contributed by atoms with Gasteiger partial charge in [-0.2, -0.15) is 5.26 Å². The standard InChI is InChI=1S/C18H16ClFN4O4S/c1-10(9-25)23-29(27,28)17-14-3-2-6-24(14)16(15(17)19)18(26)22-12-4-5-13(20)11(7-12)8-21/h2-5,7,10,23,25H,6,9H2,1H3,(H,22,26). The molecule has 0 bridgehead atoms. The normalized spacial score (nSPS) is 13.8. The summed E-state index contributed by atoms with van der Waals surface area (Å²) in [5.41, 5.74) is 0.0458. The lowest BCUT2D eigenvalue weighted by molar-refractivity contribution is 0.101. The lowest BCUT2D eigenvalue weighted by Crippen LogP contribution is -2.35. The molecule has 1 aromatic heterocycles. The molecule has 1 aromatic carbocycles. The number of hydrogen-bond donors (Lipinski definition) is 3. The van der Waals surface area contributed by atoms with Gasteiger partial charge in [-0.3, -0.25) is 4.79 Å². The molecule has 3 N–H and O–H groups in total. The summed E-state index contributed by atoms with van der Waals surface area (Å²) in [6.07, 6.45) is 3.20. The maximum Gasteiger partial charge on any atom is 0.273 e. The van der Waals surface area contributed by atoms with E-state index in [-0.39, 0.29) is 39.1 Å². The van der Waals surface area contributed by atoms with Crippen LogP contribution in [0, 0.1) is 17.1 Å². The highest BCUT2D eigenvalue weighted by atomic mass is 35.5. The van der Waals surface area contributed by atoms with E-state index in [1.165, 1.54) is 23.6 Å². The number of hydrogen-bond acceptors (Lipinski definition) is 5. The number of aliphatic hydroxyl groups excluding tert-OH is 1. The van der Waals surface area contributed by atoms with Crippen molar-refractivity contribution in [2.45, 2.75) is 24.4 Å². The Hall–Kier alpha value is -2.71. The van der Waals surface area contributed by atoms with Crippen LogP contribution in [-0.4, -0.2) is 36.6 Å². The second kappa shape index (κ2) is 7.96. The van der Waals surface area contributed by atoms with Crippen molar-refractivity contribution in [3.8, 4) is 6.07 Å². The summed E-state index contributed by atoms with van der Waals surface area (Å²) < 4.78 is 42.7. The van der Waals surface area contributed by atoms with E-state index in [9.17, 15) is 17.6 Å². The monoisotopic (exact) mass is 438 g/mol. The molecule has 0 spiro atoms. The zero-order valence-electron chi connectivity index (χ0n) is 15.1. The van der Waals surface area contributed by atoms with E-state index in [4.69, 9.17) is 22.0 Å². The van der Waals surface area contributed by atoms with Crippen molar-refractivity contribution in [3.63, 3.8) is 0 Å². The molecule has 8 nitrogen and oxygen atoms in total. The number of nitrogens with zero attached hydrogens (tertiary/aromatic N) is 2. The van der Waals surface area contributed by atoms with Gasteiger partial charge in [0.05, 0.1) is 22.9 Å². The number of allylic oxidation sites excluding steroid dienone is 1. The number of carbonyl (C=O) groups excluding carboxylic acids is 1. The van der Waals surface area contributed by atoms with Gasteiger partial charge in [0, 0.05) is 18.3 Å². The fourth-order valence-electron chi connectivity index (χ4n) is 2.92. The molecule has 0 saturated heterocycles. The van der Waals surface area contributed by atoms with E-state index in [0.29, 0.717) is 0 Å². The van der Waals surface area contributed by atoms with Crippen LogP contribution in [0.4, 0.5) is 10.1 Å². The third kappa shape index (κ3) is 3.90. The van der Waals surface area contributed by atoms with Gasteiger partial charge >= 0.3 is 0 Å². The molecular formula is C18H16ClFN4O4S. The topological polar surface area (TPSA) is 124 Å². The highest BCUT2D eigenvalue weighted by molar-refractivity contribution is 7.89. The summed E-state index contributed by atoms with van der Waals surface area (Å²) in [7, 11) is -4.12. The van der Waals surface area contributed by atoms with Crippen LogP contribution in [0.2, 0.25) is 5.02 Å². The SMILES string of the molecule is CC(CO)NS(=O)(=O)c1c(Cl)c(C(=O)Nc2ccc(F)c(C#N)c2)n2c1C=CC2. The van der Waals surface area contributed by atoms with Gasteiger partial charge in [-0.25, -0.2) is 17.5 Å². The second-order valence-electron chi connectivity index (χ2n) is 6.36. The summed E-state index contributed by atoms with van der Waals surface area (Å²) in [5, 5.41) is 20.3. The predicted molar refractivity (Wildman–Crippen MR) is 104 cm³/mol. The van der Waals surface area contributed by atoms with Gasteiger partial charge in [0.1, 0.15) is 22.5 Å². The van der Waals surface area contributed by atoms with Crippen LogP contribution < -0.4 is 10.0 Å². The Morgan fingerprint density at radius 1 is 1.48 bits per heavy atom. The van der Waals surface area contributed by atoms with Crippen LogP contribution in [0.5, 0.6) is 0 Å². The number of fused-ring (bicyclic) bond motifs is 1. The number of benzene rings is 1. The molecule has 2 heterocycles. The lowest BCUT2D eigenvalue weighted by atomic mass is 10.2. The number of anilines is 1. The van der Waals surface area contributed by atoms with Crippen LogP contribution in [0.1, 0.15) is 28.7 Å². The van der Waals surface area contributed by atoms with Crippen molar-refractivity contribution < 1.29 is 22.7 Å². The Kier molecular flexibility index (Phi) is 5.77. The minimum absolute atomic E-state index is 0.0912. The number of aromatic nitrogens is 1. The number of halogens is 2. The van der Waals surface area contributed by atoms with Crippen molar-refractivity contribution in [1.82, 2.24) is 9.29 Å². The highest BCUT2D eigenvalue weighted by Crippen LogP contribution is 2.36. The zero-order chi connectivity index (χ0) is 21.3. The third-order valence-corrected chi connectivity index (χ3v) is 6.37. The van der Waals surface area contributed by atoms with Crippen molar-refractivity contribution in [3.05, 3.63) is 52.1 Å². The van der Waals surface area contributed by atoms with Gasteiger partial charge in [0.2, 0.25) is 10.0 Å². The van der Waals surface area contributed by atoms with Gasteiger partial charge in [0.15, 0.2) is 0 Å². The molecule has 1 amide bonds. The Morgan fingerprint density at radius 3 is 2.86 bits per heavy atom. The maximum absolute atomic E-state index is 13.5. The average molecular weight is 439 g/mol. The predicted octanol–water partition coefficient (Wildman–Crippen LogP) is 2.09. The second-order valence-corrected chi connectivity index (χ2v) is 8.38. The number of carbonyl (C=O) groups is 1. The first-order chi connectivity index (χ1) is 13.7. The Labute approximate surface area is 171 Å². The summed E-state index contributed by atoms with van der Waals surface area (Å²) in [5.74, 6) is -1.44. The highest BCUT2D eigenvalue weighted by Gasteiger charge is 2.34. The zero-order valence-corrected chi connectivity index (χ0v) is 16.7. The minimum Gasteiger partial charge on any atom is -0.395 e. The number of nitriles is 1. The fourth-order valence-corrected chi connectivity index (χ4v) is 5.02. The Morgan fingerprint density at radius 2 is 2.21 bits per heavy atom. The van der Waals surface area contributed by atoms with Gasteiger partial charge in [-0.15, -0.1) is 0 Å². The fraction of sp³-hybridized carbons (Fsp3) is 0.222. The number of aliphatic hydroxyl groups is 1. The first kappa shape index (κ1) is 21.0. The molecule has 0 radical (unpaired) electrons. The first-order valence-corrected chi connectivity index (χ1v) is 10.3. The molecule has 29 heavy (non-hydrogen) atoms. The van der Waals surface area contributed by atoms with Gasteiger partial charge < -0.3 is 15.0 Å². The molecule has 1 unspecified atom stereocenters. The van der Waals surface area contributed by atoms with Crippen molar-refractivity contribution in [2.24, 2.45) is 0 Å².